The molecular formula is C18H18N6OS. The van der Waals surface area contributed by atoms with E-state index in [-0.39, 0.29) is 11.7 Å². The van der Waals surface area contributed by atoms with E-state index in [1.165, 1.54) is 11.8 Å². The van der Waals surface area contributed by atoms with E-state index in [2.05, 4.69) is 31.0 Å². The fourth-order valence-corrected chi connectivity index (χ4v) is 2.69. The van der Waals surface area contributed by atoms with Gasteiger partial charge in [0.15, 0.2) is 0 Å². The lowest BCUT2D eigenvalue weighted by Gasteiger charge is -2.02. The molecule has 3 rings (SSSR count). The van der Waals surface area contributed by atoms with E-state index in [0.29, 0.717) is 11.1 Å². The normalized spacial score (nSPS) is 11.2. The fraction of sp³-hybridized carbons (Fsp3) is 0.111. The van der Waals surface area contributed by atoms with Gasteiger partial charge in [0, 0.05) is 5.69 Å². The highest BCUT2D eigenvalue weighted by Gasteiger charge is 2.08. The molecule has 1 heterocycles. The van der Waals surface area contributed by atoms with Crippen LogP contribution in [0.15, 0.2) is 70.9 Å². The molecule has 0 aliphatic rings. The van der Waals surface area contributed by atoms with Gasteiger partial charge in [-0.2, -0.15) is 10.1 Å². The maximum absolute atomic E-state index is 11.9. The molecule has 0 saturated heterocycles. The highest BCUT2D eigenvalue weighted by atomic mass is 32.2. The van der Waals surface area contributed by atoms with Crippen molar-refractivity contribution in [2.45, 2.75) is 12.1 Å². The minimum Gasteiger partial charge on any atom is -0.325 e. The summed E-state index contributed by atoms with van der Waals surface area (Å²) in [6.45, 7) is 1.91. The van der Waals surface area contributed by atoms with Crippen molar-refractivity contribution in [2.75, 3.05) is 16.5 Å². The smallest absolute Gasteiger partial charge is 0.240 e. The minimum atomic E-state index is -0.113. The molecular weight excluding hydrogens is 348 g/mol. The first kappa shape index (κ1) is 17.7. The van der Waals surface area contributed by atoms with Crippen LogP contribution in [0.2, 0.25) is 0 Å². The van der Waals surface area contributed by atoms with Crippen LogP contribution in [0.3, 0.4) is 0 Å². The molecule has 7 nitrogen and oxygen atoms in total. The molecule has 0 radical (unpaired) electrons. The lowest BCUT2D eigenvalue weighted by molar-refractivity contribution is -0.113. The van der Waals surface area contributed by atoms with Gasteiger partial charge in [-0.3, -0.25) is 4.79 Å². The van der Waals surface area contributed by atoms with Gasteiger partial charge in [0.05, 0.1) is 11.5 Å². The monoisotopic (exact) mass is 366 g/mol. The minimum absolute atomic E-state index is 0.113. The number of H-pyrrole nitrogens is 1. The number of hydrazone groups is 1. The van der Waals surface area contributed by atoms with Crippen molar-refractivity contribution in [3.63, 3.8) is 0 Å². The summed E-state index contributed by atoms with van der Waals surface area (Å²) in [7, 11) is 0. The van der Waals surface area contributed by atoms with Crippen molar-refractivity contribution >= 4 is 35.0 Å². The maximum Gasteiger partial charge on any atom is 0.240 e. The summed E-state index contributed by atoms with van der Waals surface area (Å²) < 4.78 is 0. The van der Waals surface area contributed by atoms with E-state index in [0.717, 1.165) is 17.0 Å². The van der Waals surface area contributed by atoms with Crippen LogP contribution in [-0.4, -0.2) is 32.6 Å². The van der Waals surface area contributed by atoms with Gasteiger partial charge >= 0.3 is 0 Å². The highest BCUT2D eigenvalue weighted by molar-refractivity contribution is 7.99. The first-order valence-corrected chi connectivity index (χ1v) is 8.95. The Labute approximate surface area is 155 Å². The number of nitrogens with zero attached hydrogens (tertiary/aromatic N) is 3. The van der Waals surface area contributed by atoms with Crippen LogP contribution in [0.25, 0.3) is 0 Å². The molecule has 0 aliphatic heterocycles. The van der Waals surface area contributed by atoms with E-state index in [1.54, 1.807) is 0 Å². The van der Waals surface area contributed by atoms with Gasteiger partial charge < -0.3 is 5.32 Å². The second kappa shape index (κ2) is 8.82. The average Bonchev–Trinajstić information content (AvgIpc) is 3.14. The van der Waals surface area contributed by atoms with Gasteiger partial charge in [-0.15, -0.1) is 5.10 Å². The molecule has 2 aromatic carbocycles. The number of amides is 1. The summed E-state index contributed by atoms with van der Waals surface area (Å²) in [6, 6.07) is 19.1. The molecule has 0 bridgehead atoms. The fourth-order valence-electron chi connectivity index (χ4n) is 2.09. The Kier molecular flexibility index (Phi) is 6.00. The van der Waals surface area contributed by atoms with Gasteiger partial charge in [-0.05, 0) is 24.6 Å². The SMILES string of the molecule is C/C(=N\Nc1nc(SCC(=O)Nc2ccccc2)n[nH]1)c1ccccc1. The standard InChI is InChI=1S/C18H18N6OS/c1-13(14-8-4-2-5-9-14)21-22-17-20-18(24-23-17)26-12-16(25)19-15-10-6-3-7-11-15/h2-11H,12H2,1H3,(H,19,25)(H2,20,22,23,24)/b21-13+. The van der Waals surface area contributed by atoms with Crippen molar-refractivity contribution in [3.05, 3.63) is 66.2 Å². The first-order valence-electron chi connectivity index (χ1n) is 7.96. The summed E-state index contributed by atoms with van der Waals surface area (Å²) in [5, 5.41) is 14.4. The van der Waals surface area contributed by atoms with Crippen molar-refractivity contribution in [1.82, 2.24) is 15.2 Å². The summed E-state index contributed by atoms with van der Waals surface area (Å²) >= 11 is 1.25. The van der Waals surface area contributed by atoms with Crippen LogP contribution in [0.4, 0.5) is 11.6 Å². The van der Waals surface area contributed by atoms with Crippen LogP contribution < -0.4 is 10.7 Å². The molecule has 26 heavy (non-hydrogen) atoms. The largest absolute Gasteiger partial charge is 0.325 e. The molecule has 8 heteroatoms. The van der Waals surface area contributed by atoms with Crippen molar-refractivity contribution in [3.8, 4) is 0 Å². The van der Waals surface area contributed by atoms with E-state index >= 15 is 0 Å². The van der Waals surface area contributed by atoms with Gasteiger partial charge in [0.2, 0.25) is 17.0 Å². The van der Waals surface area contributed by atoms with E-state index in [4.69, 9.17) is 0 Å². The Morgan fingerprint density at radius 1 is 1.12 bits per heavy atom. The van der Waals surface area contributed by atoms with Crippen LogP contribution in [-0.2, 0) is 4.79 Å². The molecule has 3 N–H and O–H groups in total. The number of hydrogen-bond donors (Lipinski definition) is 3. The van der Waals surface area contributed by atoms with Gasteiger partial charge in [0.1, 0.15) is 0 Å². The number of thioether (sulfide) groups is 1. The number of aromatic amines is 1. The molecule has 1 aromatic heterocycles. The quantitative estimate of drug-likeness (QED) is 0.338. The predicted octanol–water partition coefficient (Wildman–Crippen LogP) is 3.37. The topological polar surface area (TPSA) is 95.1 Å². The first-order chi connectivity index (χ1) is 12.7. The third kappa shape index (κ3) is 5.18. The number of nitrogens with one attached hydrogen (secondary N) is 3. The maximum atomic E-state index is 11.9. The molecule has 3 aromatic rings. The number of hydrogen-bond acceptors (Lipinski definition) is 6. The van der Waals surface area contributed by atoms with Crippen LogP contribution >= 0.6 is 11.8 Å². The van der Waals surface area contributed by atoms with Gasteiger partial charge in [0.25, 0.3) is 0 Å². The van der Waals surface area contributed by atoms with Gasteiger partial charge in [-0.25, -0.2) is 10.5 Å². The Hall–Kier alpha value is -3.13. The lowest BCUT2D eigenvalue weighted by Crippen LogP contribution is -2.13. The second-order valence-electron chi connectivity index (χ2n) is 5.34. The molecule has 0 unspecified atom stereocenters. The molecule has 0 saturated carbocycles. The summed E-state index contributed by atoms with van der Waals surface area (Å²) in [6.07, 6.45) is 0. The third-order valence-corrected chi connectivity index (χ3v) is 4.22. The number of carbonyl (C=O) groups is 1. The zero-order valence-electron chi connectivity index (χ0n) is 14.1. The summed E-state index contributed by atoms with van der Waals surface area (Å²) in [5.74, 6) is 0.531. The van der Waals surface area contributed by atoms with E-state index in [9.17, 15) is 4.79 Å². The Bertz CT molecular complexity index is 879. The summed E-state index contributed by atoms with van der Waals surface area (Å²) in [5.41, 5.74) is 5.45. The molecule has 0 fully saturated rings. The lowest BCUT2D eigenvalue weighted by atomic mass is 10.1. The van der Waals surface area contributed by atoms with E-state index < -0.39 is 0 Å². The molecule has 0 spiro atoms. The Morgan fingerprint density at radius 2 is 1.81 bits per heavy atom. The van der Waals surface area contributed by atoms with Crippen LogP contribution in [0.5, 0.6) is 0 Å². The van der Waals surface area contributed by atoms with Crippen molar-refractivity contribution in [2.24, 2.45) is 5.10 Å². The van der Waals surface area contributed by atoms with Crippen LogP contribution in [0, 0.1) is 0 Å². The number of para-hydroxylation sites is 1. The molecule has 0 atom stereocenters. The predicted molar refractivity (Wildman–Crippen MR) is 104 cm³/mol. The second-order valence-corrected chi connectivity index (χ2v) is 6.29. The molecule has 132 valence electrons. The average molecular weight is 366 g/mol. The highest BCUT2D eigenvalue weighted by Crippen LogP contribution is 2.15. The summed E-state index contributed by atoms with van der Waals surface area (Å²) in [4.78, 5) is 16.2. The number of aromatic nitrogens is 3. The number of anilines is 2. The van der Waals surface area contributed by atoms with Crippen LogP contribution in [0.1, 0.15) is 12.5 Å². The number of carbonyl (C=O) groups excluding carboxylic acids is 1. The Balaban J connectivity index is 1.49. The Morgan fingerprint density at radius 3 is 2.54 bits per heavy atom. The number of benzene rings is 2. The third-order valence-electron chi connectivity index (χ3n) is 3.38. The zero-order valence-corrected chi connectivity index (χ0v) is 15.0. The molecule has 1 amide bonds. The number of rotatable bonds is 7. The van der Waals surface area contributed by atoms with Crippen molar-refractivity contribution < 1.29 is 4.79 Å². The van der Waals surface area contributed by atoms with Gasteiger partial charge in [-0.1, -0.05) is 60.3 Å². The zero-order chi connectivity index (χ0) is 18.2. The van der Waals surface area contributed by atoms with E-state index in [1.807, 2.05) is 67.6 Å². The van der Waals surface area contributed by atoms with Crippen molar-refractivity contribution in [1.29, 1.82) is 0 Å². The molecule has 0 aliphatic carbocycles.